The van der Waals surface area contributed by atoms with E-state index in [1.807, 2.05) is 60.0 Å². The molecule has 0 radical (unpaired) electrons. The van der Waals surface area contributed by atoms with Gasteiger partial charge in [0.05, 0.1) is 18.7 Å². The Morgan fingerprint density at radius 1 is 1.08 bits per heavy atom. The number of ether oxygens (including phenoxy) is 2. The molecule has 1 aromatic heterocycles. The number of carbonyl (C=O) groups excluding carboxylic acids is 1. The molecule has 1 heterocycles. The molecule has 0 fully saturated rings. The van der Waals surface area contributed by atoms with Crippen molar-refractivity contribution in [3.63, 3.8) is 0 Å². The Kier molecular flexibility index (Phi) is 5.80. The summed E-state index contributed by atoms with van der Waals surface area (Å²) in [5.41, 5.74) is 2.99. The third-order valence-corrected chi connectivity index (χ3v) is 4.40. The summed E-state index contributed by atoms with van der Waals surface area (Å²) < 4.78 is 10.7. The number of esters is 1. The molecule has 0 saturated carbocycles. The fraction of sp³-hybridized carbons (Fsp3) is 0.200. The molecular weight excluding hydrogens is 334 g/mol. The van der Waals surface area contributed by atoms with Crippen LogP contribution in [0.4, 0.5) is 0 Å². The smallest absolute Gasteiger partial charge is 0.312 e. The lowest BCUT2D eigenvalue weighted by Crippen LogP contribution is -2.07. The quantitative estimate of drug-likeness (QED) is 0.587. The Hall–Kier alpha value is -2.66. The topological polar surface area (TPSA) is 48.4 Å². The van der Waals surface area contributed by atoms with Gasteiger partial charge in [-0.15, -0.1) is 11.3 Å². The molecule has 0 saturated heterocycles. The van der Waals surface area contributed by atoms with Crippen LogP contribution in [0, 0.1) is 0 Å². The van der Waals surface area contributed by atoms with Gasteiger partial charge in [-0.3, -0.25) is 4.79 Å². The summed E-state index contributed by atoms with van der Waals surface area (Å²) in [6.45, 7) is 2.73. The average Bonchev–Trinajstić information content (AvgIpc) is 3.10. The molecule has 25 heavy (non-hydrogen) atoms. The average molecular weight is 353 g/mol. The van der Waals surface area contributed by atoms with E-state index in [9.17, 15) is 4.79 Å². The Balaban J connectivity index is 1.60. The molecule has 0 atom stereocenters. The van der Waals surface area contributed by atoms with Gasteiger partial charge < -0.3 is 9.47 Å². The van der Waals surface area contributed by atoms with Crippen LogP contribution in [0.3, 0.4) is 0 Å². The fourth-order valence-corrected chi connectivity index (χ4v) is 3.11. The Bertz CT molecular complexity index is 812. The molecule has 3 rings (SSSR count). The second kappa shape index (κ2) is 8.44. The van der Waals surface area contributed by atoms with E-state index in [-0.39, 0.29) is 12.4 Å². The van der Waals surface area contributed by atoms with E-state index in [2.05, 4.69) is 4.98 Å². The summed E-state index contributed by atoms with van der Waals surface area (Å²) >= 11 is 1.47. The first-order chi connectivity index (χ1) is 12.2. The molecule has 3 aromatic rings. The SMILES string of the molecule is CCOC(=O)Cc1nc(-c2ccc(OCc3ccccc3)cc2)cs1. The Morgan fingerprint density at radius 3 is 2.56 bits per heavy atom. The van der Waals surface area contributed by atoms with Crippen LogP contribution in [0.1, 0.15) is 17.5 Å². The van der Waals surface area contributed by atoms with Crippen LogP contribution in [0.15, 0.2) is 60.0 Å². The zero-order valence-corrected chi connectivity index (χ0v) is 14.8. The van der Waals surface area contributed by atoms with Crippen LogP contribution in [0.5, 0.6) is 5.75 Å². The van der Waals surface area contributed by atoms with Gasteiger partial charge in [-0.2, -0.15) is 0 Å². The van der Waals surface area contributed by atoms with Crippen LogP contribution in [-0.4, -0.2) is 17.6 Å². The third-order valence-electron chi connectivity index (χ3n) is 3.55. The maximum absolute atomic E-state index is 11.5. The molecule has 0 amide bonds. The molecule has 0 N–H and O–H groups in total. The molecule has 0 unspecified atom stereocenters. The fourth-order valence-electron chi connectivity index (χ4n) is 2.32. The minimum absolute atomic E-state index is 0.219. The molecule has 4 nitrogen and oxygen atoms in total. The maximum Gasteiger partial charge on any atom is 0.312 e. The van der Waals surface area contributed by atoms with Crippen molar-refractivity contribution in [1.29, 1.82) is 0 Å². The van der Waals surface area contributed by atoms with Crippen molar-refractivity contribution in [3.05, 3.63) is 70.5 Å². The van der Waals surface area contributed by atoms with E-state index in [1.165, 1.54) is 11.3 Å². The molecule has 0 bridgehead atoms. The zero-order valence-electron chi connectivity index (χ0n) is 14.0. The van der Waals surface area contributed by atoms with E-state index >= 15 is 0 Å². The highest BCUT2D eigenvalue weighted by Crippen LogP contribution is 2.25. The van der Waals surface area contributed by atoms with Crippen molar-refractivity contribution in [3.8, 4) is 17.0 Å². The van der Waals surface area contributed by atoms with E-state index in [4.69, 9.17) is 9.47 Å². The molecule has 0 aliphatic heterocycles. The minimum atomic E-state index is -0.243. The van der Waals surface area contributed by atoms with Crippen LogP contribution >= 0.6 is 11.3 Å². The van der Waals surface area contributed by atoms with Crippen molar-refractivity contribution in [2.75, 3.05) is 6.61 Å². The number of rotatable bonds is 7. The van der Waals surface area contributed by atoms with E-state index in [0.717, 1.165) is 27.6 Å². The second-order valence-corrected chi connectivity index (χ2v) is 6.35. The summed E-state index contributed by atoms with van der Waals surface area (Å²) in [6.07, 6.45) is 0.219. The highest BCUT2D eigenvalue weighted by molar-refractivity contribution is 7.10. The largest absolute Gasteiger partial charge is 0.489 e. The molecule has 5 heteroatoms. The highest BCUT2D eigenvalue weighted by Gasteiger charge is 2.10. The number of nitrogens with zero attached hydrogens (tertiary/aromatic N) is 1. The first-order valence-electron chi connectivity index (χ1n) is 8.12. The minimum Gasteiger partial charge on any atom is -0.489 e. The molecule has 2 aromatic carbocycles. The van der Waals surface area contributed by atoms with Gasteiger partial charge >= 0.3 is 5.97 Å². The first kappa shape index (κ1) is 17.2. The van der Waals surface area contributed by atoms with Gasteiger partial charge in [0.2, 0.25) is 0 Å². The highest BCUT2D eigenvalue weighted by atomic mass is 32.1. The number of benzene rings is 2. The van der Waals surface area contributed by atoms with Crippen LogP contribution in [0.2, 0.25) is 0 Å². The number of thiazole rings is 1. The summed E-state index contributed by atoms with van der Waals surface area (Å²) in [5.74, 6) is 0.572. The van der Waals surface area contributed by atoms with Crippen molar-refractivity contribution in [2.24, 2.45) is 0 Å². The monoisotopic (exact) mass is 353 g/mol. The van der Waals surface area contributed by atoms with Crippen molar-refractivity contribution >= 4 is 17.3 Å². The maximum atomic E-state index is 11.5. The van der Waals surface area contributed by atoms with E-state index in [1.54, 1.807) is 6.92 Å². The van der Waals surface area contributed by atoms with Gasteiger partial charge in [-0.25, -0.2) is 4.98 Å². The molecule has 128 valence electrons. The standard InChI is InChI=1S/C20H19NO3S/c1-2-23-20(22)12-19-21-18(14-25-19)16-8-10-17(11-9-16)24-13-15-6-4-3-5-7-15/h3-11,14H,2,12-13H2,1H3. The van der Waals surface area contributed by atoms with Gasteiger partial charge in [0.1, 0.15) is 17.4 Å². The predicted octanol–water partition coefficient (Wildman–Crippen LogP) is 4.49. The summed E-state index contributed by atoms with van der Waals surface area (Å²) in [4.78, 5) is 16.0. The molecule has 0 spiro atoms. The van der Waals surface area contributed by atoms with Gasteiger partial charge in [-0.1, -0.05) is 30.3 Å². The second-order valence-electron chi connectivity index (χ2n) is 5.41. The lowest BCUT2D eigenvalue weighted by atomic mass is 10.2. The van der Waals surface area contributed by atoms with Gasteiger partial charge in [0.15, 0.2) is 0 Å². The number of hydrogen-bond donors (Lipinski definition) is 0. The number of carbonyl (C=O) groups is 1. The van der Waals surface area contributed by atoms with Crippen LogP contribution in [0.25, 0.3) is 11.3 Å². The summed E-state index contributed by atoms with van der Waals surface area (Å²) in [5, 5.41) is 2.71. The summed E-state index contributed by atoms with van der Waals surface area (Å²) in [7, 11) is 0. The Morgan fingerprint density at radius 2 is 1.84 bits per heavy atom. The van der Waals surface area contributed by atoms with Crippen LogP contribution in [-0.2, 0) is 22.6 Å². The van der Waals surface area contributed by atoms with Gasteiger partial charge in [-0.05, 0) is 36.8 Å². The predicted molar refractivity (Wildman–Crippen MR) is 98.7 cm³/mol. The summed E-state index contributed by atoms with van der Waals surface area (Å²) in [6, 6.07) is 17.9. The van der Waals surface area contributed by atoms with Gasteiger partial charge in [0, 0.05) is 10.9 Å². The molecular formula is C20H19NO3S. The molecule has 0 aliphatic carbocycles. The number of hydrogen-bond acceptors (Lipinski definition) is 5. The lowest BCUT2D eigenvalue weighted by molar-refractivity contribution is -0.142. The lowest BCUT2D eigenvalue weighted by Gasteiger charge is -2.06. The van der Waals surface area contributed by atoms with Gasteiger partial charge in [0.25, 0.3) is 0 Å². The molecule has 0 aliphatic rings. The van der Waals surface area contributed by atoms with Crippen molar-refractivity contribution < 1.29 is 14.3 Å². The number of aromatic nitrogens is 1. The van der Waals surface area contributed by atoms with Crippen LogP contribution < -0.4 is 4.74 Å². The van der Waals surface area contributed by atoms with Crippen molar-refractivity contribution in [1.82, 2.24) is 4.98 Å². The third kappa shape index (κ3) is 4.90. The van der Waals surface area contributed by atoms with E-state index in [0.29, 0.717) is 13.2 Å². The van der Waals surface area contributed by atoms with E-state index < -0.39 is 0 Å². The zero-order chi connectivity index (χ0) is 17.5. The first-order valence-corrected chi connectivity index (χ1v) is 8.99. The van der Waals surface area contributed by atoms with Crippen molar-refractivity contribution in [2.45, 2.75) is 20.0 Å². The Labute approximate surface area is 151 Å². The normalized spacial score (nSPS) is 10.4.